The molecule has 0 bridgehead atoms. The number of halogens is 2. The van der Waals surface area contributed by atoms with Crippen LogP contribution in [0.15, 0.2) is 26.2 Å². The van der Waals surface area contributed by atoms with Gasteiger partial charge < -0.3 is 4.90 Å². The van der Waals surface area contributed by atoms with Crippen LogP contribution in [0.25, 0.3) is 0 Å². The molecule has 0 N–H and O–H groups in total. The van der Waals surface area contributed by atoms with Gasteiger partial charge in [0.15, 0.2) is 5.82 Å². The van der Waals surface area contributed by atoms with E-state index in [1.54, 1.807) is 6.34 Å². The van der Waals surface area contributed by atoms with Crippen LogP contribution in [0.5, 0.6) is 0 Å². The fraction of sp³-hybridized carbons (Fsp3) is 0.250. The van der Waals surface area contributed by atoms with Gasteiger partial charge in [0.1, 0.15) is 4.60 Å². The zero-order valence-electron chi connectivity index (χ0n) is 7.33. The van der Waals surface area contributed by atoms with E-state index in [0.29, 0.717) is 5.82 Å². The average molecular weight is 307 g/mol. The normalized spacial score (nSPS) is 10.8. The molecule has 1 heterocycles. The lowest BCUT2D eigenvalue weighted by molar-refractivity contribution is 0.643. The topological polar surface area (TPSA) is 28.5 Å². The predicted octanol–water partition coefficient (Wildman–Crippen LogP) is 2.83. The summed E-state index contributed by atoms with van der Waals surface area (Å²) in [6.07, 6.45) is 1.71. The van der Waals surface area contributed by atoms with Crippen LogP contribution in [-0.4, -0.2) is 30.3 Å². The Kier molecular flexibility index (Phi) is 3.87. The molecular weight excluding hydrogens is 298 g/mol. The number of rotatable bonds is 2. The van der Waals surface area contributed by atoms with Crippen LogP contribution in [0.3, 0.4) is 0 Å². The third-order valence-electron chi connectivity index (χ3n) is 1.21. The highest BCUT2D eigenvalue weighted by molar-refractivity contribution is 9.13. The molecule has 13 heavy (non-hydrogen) atoms. The zero-order chi connectivity index (χ0) is 9.84. The van der Waals surface area contributed by atoms with Crippen LogP contribution in [0.1, 0.15) is 0 Å². The van der Waals surface area contributed by atoms with Crippen molar-refractivity contribution in [3.63, 3.8) is 0 Å². The maximum Gasteiger partial charge on any atom is 0.154 e. The van der Waals surface area contributed by atoms with Gasteiger partial charge >= 0.3 is 0 Å². The summed E-state index contributed by atoms with van der Waals surface area (Å²) in [7, 11) is 3.83. The van der Waals surface area contributed by atoms with Crippen LogP contribution >= 0.6 is 31.9 Å². The molecule has 0 radical (unpaired) electrons. The van der Waals surface area contributed by atoms with Gasteiger partial charge in [-0.3, -0.25) is 0 Å². The largest absolute Gasteiger partial charge is 0.369 e. The summed E-state index contributed by atoms with van der Waals surface area (Å²) in [5, 5.41) is 0. The minimum absolute atomic E-state index is 0.684. The van der Waals surface area contributed by atoms with Crippen molar-refractivity contribution in [3.05, 3.63) is 21.2 Å². The molecule has 0 unspecified atom stereocenters. The van der Waals surface area contributed by atoms with Gasteiger partial charge in [-0.1, -0.05) is 0 Å². The summed E-state index contributed by atoms with van der Waals surface area (Å²) in [4.78, 5) is 10.2. The Morgan fingerprint density at radius 2 is 2.08 bits per heavy atom. The van der Waals surface area contributed by atoms with Gasteiger partial charge in [0.25, 0.3) is 0 Å². The number of nitrogens with zero attached hydrogens (tertiary/aromatic N) is 3. The Morgan fingerprint density at radius 1 is 1.38 bits per heavy atom. The highest BCUT2D eigenvalue weighted by Gasteiger charge is 1.97. The molecule has 0 aliphatic rings. The van der Waals surface area contributed by atoms with Gasteiger partial charge in [-0.25, -0.2) is 9.98 Å². The summed E-state index contributed by atoms with van der Waals surface area (Å²) < 4.78 is 1.69. The Morgan fingerprint density at radius 3 is 2.62 bits per heavy atom. The summed E-state index contributed by atoms with van der Waals surface area (Å²) in [6.45, 7) is 0. The van der Waals surface area contributed by atoms with Crippen molar-refractivity contribution < 1.29 is 0 Å². The minimum atomic E-state index is 0.684. The number of pyridine rings is 1. The van der Waals surface area contributed by atoms with E-state index in [1.165, 1.54) is 0 Å². The van der Waals surface area contributed by atoms with E-state index in [9.17, 15) is 0 Å². The Labute approximate surface area is 94.1 Å². The lowest BCUT2D eigenvalue weighted by Gasteiger charge is -2.02. The molecule has 1 aromatic heterocycles. The number of hydrogen-bond donors (Lipinski definition) is 0. The molecule has 3 nitrogen and oxygen atoms in total. The highest BCUT2D eigenvalue weighted by atomic mass is 79.9. The predicted molar refractivity (Wildman–Crippen MR) is 61.5 cm³/mol. The molecule has 0 fully saturated rings. The first kappa shape index (κ1) is 10.7. The van der Waals surface area contributed by atoms with Crippen LogP contribution in [0.4, 0.5) is 5.82 Å². The summed E-state index contributed by atoms with van der Waals surface area (Å²) in [5.41, 5.74) is 0. The molecule has 0 aliphatic heterocycles. The van der Waals surface area contributed by atoms with Crippen molar-refractivity contribution in [3.8, 4) is 0 Å². The van der Waals surface area contributed by atoms with Gasteiger partial charge in [0.2, 0.25) is 0 Å². The number of aromatic nitrogens is 1. The molecule has 0 atom stereocenters. The van der Waals surface area contributed by atoms with Crippen molar-refractivity contribution in [2.45, 2.75) is 0 Å². The van der Waals surface area contributed by atoms with E-state index < -0.39 is 0 Å². The SMILES string of the molecule is CN(C)C=Nc1ccc(Br)c(Br)n1. The molecule has 1 rings (SSSR count). The summed E-state index contributed by atoms with van der Waals surface area (Å²) >= 11 is 6.65. The minimum Gasteiger partial charge on any atom is -0.369 e. The van der Waals surface area contributed by atoms with Crippen molar-refractivity contribution in [2.24, 2.45) is 4.99 Å². The van der Waals surface area contributed by atoms with Gasteiger partial charge in [0, 0.05) is 14.1 Å². The Bertz CT molecular complexity index is 323. The van der Waals surface area contributed by atoms with E-state index in [4.69, 9.17) is 0 Å². The fourth-order valence-corrected chi connectivity index (χ4v) is 1.19. The Hall–Kier alpha value is -0.420. The van der Waals surface area contributed by atoms with Crippen molar-refractivity contribution >= 4 is 44.0 Å². The second-order valence-corrected chi connectivity index (χ2v) is 4.26. The van der Waals surface area contributed by atoms with Gasteiger partial charge in [-0.15, -0.1) is 0 Å². The third-order valence-corrected chi connectivity index (χ3v) is 2.99. The summed E-state index contributed by atoms with van der Waals surface area (Å²) in [6, 6.07) is 3.74. The lowest BCUT2D eigenvalue weighted by atomic mass is 10.5. The molecule has 0 aromatic carbocycles. The quantitative estimate of drug-likeness (QED) is 0.477. The first-order valence-corrected chi connectivity index (χ1v) is 5.21. The second-order valence-electron chi connectivity index (χ2n) is 2.65. The van der Waals surface area contributed by atoms with Crippen LogP contribution in [-0.2, 0) is 0 Å². The van der Waals surface area contributed by atoms with Crippen molar-refractivity contribution in [1.82, 2.24) is 9.88 Å². The second kappa shape index (κ2) is 4.72. The van der Waals surface area contributed by atoms with E-state index >= 15 is 0 Å². The third kappa shape index (κ3) is 3.44. The highest BCUT2D eigenvalue weighted by Crippen LogP contribution is 2.23. The van der Waals surface area contributed by atoms with Gasteiger partial charge in [0.05, 0.1) is 10.8 Å². The van der Waals surface area contributed by atoms with Crippen LogP contribution < -0.4 is 0 Å². The van der Waals surface area contributed by atoms with Crippen molar-refractivity contribution in [1.29, 1.82) is 0 Å². The Balaban J connectivity index is 2.85. The molecule has 0 saturated heterocycles. The van der Waals surface area contributed by atoms with Crippen LogP contribution in [0, 0.1) is 0 Å². The smallest absolute Gasteiger partial charge is 0.154 e. The molecular formula is C8H9Br2N3. The maximum atomic E-state index is 4.19. The first-order valence-electron chi connectivity index (χ1n) is 3.62. The molecule has 0 saturated carbocycles. The molecule has 5 heteroatoms. The number of aliphatic imine (C=N–C) groups is 1. The molecule has 70 valence electrons. The van der Waals surface area contributed by atoms with E-state index in [0.717, 1.165) is 9.08 Å². The molecule has 1 aromatic rings. The molecule has 0 amide bonds. The lowest BCUT2D eigenvalue weighted by Crippen LogP contribution is -2.07. The fourth-order valence-electron chi connectivity index (χ4n) is 0.654. The van der Waals surface area contributed by atoms with Gasteiger partial charge in [-0.05, 0) is 44.0 Å². The average Bonchev–Trinajstić information content (AvgIpc) is 2.07. The van der Waals surface area contributed by atoms with E-state index in [1.807, 2.05) is 31.1 Å². The molecule has 0 aliphatic carbocycles. The summed E-state index contributed by atoms with van der Waals surface area (Å²) in [5.74, 6) is 0.684. The van der Waals surface area contributed by atoms with Gasteiger partial charge in [-0.2, -0.15) is 0 Å². The zero-order valence-corrected chi connectivity index (χ0v) is 10.5. The van der Waals surface area contributed by atoms with Crippen LogP contribution in [0.2, 0.25) is 0 Å². The monoisotopic (exact) mass is 305 g/mol. The number of hydrogen-bond acceptors (Lipinski definition) is 2. The van der Waals surface area contributed by atoms with Crippen molar-refractivity contribution in [2.75, 3.05) is 14.1 Å². The van der Waals surface area contributed by atoms with E-state index in [-0.39, 0.29) is 0 Å². The first-order chi connectivity index (χ1) is 6.09. The maximum absolute atomic E-state index is 4.19. The molecule has 0 spiro atoms. The van der Waals surface area contributed by atoms with E-state index in [2.05, 4.69) is 41.8 Å². The standard InChI is InChI=1S/C8H9Br2N3/c1-13(2)5-11-7-4-3-6(9)8(10)12-7/h3-5H,1-2H3.